The van der Waals surface area contributed by atoms with E-state index in [0.29, 0.717) is 10.9 Å². The Kier molecular flexibility index (Phi) is 3.17. The summed E-state index contributed by atoms with van der Waals surface area (Å²) >= 11 is 0. The molecule has 3 N–H and O–H groups in total. The molecule has 0 aliphatic carbocycles. The summed E-state index contributed by atoms with van der Waals surface area (Å²) in [7, 11) is 0. The SMILES string of the molecule is CC(C)(C)OC(=O)n1c(C(N)=O)c(O)c2ccccc21. The number of aromatic hydroxyl groups is 1. The van der Waals surface area contributed by atoms with Gasteiger partial charge < -0.3 is 15.6 Å². The zero-order valence-electron chi connectivity index (χ0n) is 11.5. The number of rotatable bonds is 1. The Morgan fingerprint density at radius 2 is 1.85 bits per heavy atom. The van der Waals surface area contributed by atoms with Gasteiger partial charge in [0.2, 0.25) is 0 Å². The predicted molar refractivity (Wildman–Crippen MR) is 73.8 cm³/mol. The van der Waals surface area contributed by atoms with E-state index < -0.39 is 17.6 Å². The van der Waals surface area contributed by atoms with Crippen LogP contribution < -0.4 is 5.73 Å². The van der Waals surface area contributed by atoms with Crippen molar-refractivity contribution in [1.82, 2.24) is 4.57 Å². The molecule has 2 aromatic rings. The van der Waals surface area contributed by atoms with E-state index in [1.54, 1.807) is 45.0 Å². The highest BCUT2D eigenvalue weighted by Crippen LogP contribution is 2.32. The number of nitrogens with two attached hydrogens (primary N) is 1. The minimum absolute atomic E-state index is 0.277. The molecule has 0 radical (unpaired) electrons. The molecule has 1 amide bonds. The van der Waals surface area contributed by atoms with Crippen molar-refractivity contribution in [2.75, 3.05) is 0 Å². The number of benzene rings is 1. The number of nitrogens with zero attached hydrogens (tertiary/aromatic N) is 1. The molecule has 0 atom stereocenters. The first-order valence-electron chi connectivity index (χ1n) is 6.08. The topological polar surface area (TPSA) is 94.5 Å². The molecular formula is C14H16N2O4. The van der Waals surface area contributed by atoms with E-state index >= 15 is 0 Å². The highest BCUT2D eigenvalue weighted by Gasteiger charge is 2.27. The number of carbonyl (C=O) groups excluding carboxylic acids is 2. The van der Waals surface area contributed by atoms with Crippen molar-refractivity contribution in [3.63, 3.8) is 0 Å². The lowest BCUT2D eigenvalue weighted by Gasteiger charge is -2.20. The molecule has 0 fully saturated rings. The van der Waals surface area contributed by atoms with Crippen LogP contribution in [-0.4, -0.2) is 27.3 Å². The van der Waals surface area contributed by atoms with Crippen molar-refractivity contribution < 1.29 is 19.4 Å². The molecule has 1 aromatic carbocycles. The molecular weight excluding hydrogens is 260 g/mol. The highest BCUT2D eigenvalue weighted by atomic mass is 16.6. The lowest BCUT2D eigenvalue weighted by molar-refractivity contribution is 0.0534. The average molecular weight is 276 g/mol. The smallest absolute Gasteiger partial charge is 0.419 e. The second kappa shape index (κ2) is 4.56. The molecule has 6 heteroatoms. The fourth-order valence-corrected chi connectivity index (χ4v) is 1.95. The van der Waals surface area contributed by atoms with Gasteiger partial charge in [-0.05, 0) is 32.9 Å². The van der Waals surface area contributed by atoms with E-state index in [9.17, 15) is 14.7 Å². The molecule has 1 aromatic heterocycles. The second-order valence-corrected chi connectivity index (χ2v) is 5.39. The Morgan fingerprint density at radius 3 is 2.40 bits per heavy atom. The summed E-state index contributed by atoms with van der Waals surface area (Å²) in [4.78, 5) is 23.8. The van der Waals surface area contributed by atoms with Crippen LogP contribution >= 0.6 is 0 Å². The maximum absolute atomic E-state index is 12.2. The number of fused-ring (bicyclic) bond motifs is 1. The number of aromatic nitrogens is 1. The van der Waals surface area contributed by atoms with Gasteiger partial charge in [-0.2, -0.15) is 0 Å². The summed E-state index contributed by atoms with van der Waals surface area (Å²) in [6.45, 7) is 5.13. The Hall–Kier alpha value is -2.50. The molecule has 106 valence electrons. The van der Waals surface area contributed by atoms with E-state index in [4.69, 9.17) is 10.5 Å². The van der Waals surface area contributed by atoms with Gasteiger partial charge in [0.1, 0.15) is 5.60 Å². The minimum Gasteiger partial charge on any atom is -0.505 e. The third kappa shape index (κ3) is 2.32. The van der Waals surface area contributed by atoms with Gasteiger partial charge in [-0.1, -0.05) is 12.1 Å². The number of amides is 1. The molecule has 0 unspecified atom stereocenters. The van der Waals surface area contributed by atoms with Crippen molar-refractivity contribution in [3.05, 3.63) is 30.0 Å². The number of carbonyl (C=O) groups is 2. The van der Waals surface area contributed by atoms with Gasteiger partial charge in [0.15, 0.2) is 11.4 Å². The van der Waals surface area contributed by atoms with Gasteiger partial charge in [0, 0.05) is 5.39 Å². The van der Waals surface area contributed by atoms with E-state index in [-0.39, 0.29) is 11.4 Å². The summed E-state index contributed by atoms with van der Waals surface area (Å²) in [5.74, 6) is -1.22. The van der Waals surface area contributed by atoms with Crippen LogP contribution in [0.25, 0.3) is 10.9 Å². The fourth-order valence-electron chi connectivity index (χ4n) is 1.95. The average Bonchev–Trinajstić information content (AvgIpc) is 2.61. The molecule has 0 aliphatic heterocycles. The summed E-state index contributed by atoms with van der Waals surface area (Å²) in [6, 6.07) is 6.57. The molecule has 0 aliphatic rings. The summed E-state index contributed by atoms with van der Waals surface area (Å²) in [5, 5.41) is 10.4. The van der Waals surface area contributed by atoms with Crippen LogP contribution in [-0.2, 0) is 4.74 Å². The minimum atomic E-state index is -0.899. The number of hydrogen-bond donors (Lipinski definition) is 2. The summed E-state index contributed by atoms with van der Waals surface area (Å²) in [6.07, 6.45) is -0.761. The first-order valence-corrected chi connectivity index (χ1v) is 6.08. The van der Waals surface area contributed by atoms with Crippen molar-refractivity contribution in [1.29, 1.82) is 0 Å². The Morgan fingerprint density at radius 1 is 1.25 bits per heavy atom. The lowest BCUT2D eigenvalue weighted by atomic mass is 10.2. The van der Waals surface area contributed by atoms with Gasteiger partial charge in [-0.3, -0.25) is 4.79 Å². The van der Waals surface area contributed by atoms with Crippen molar-refractivity contribution in [2.24, 2.45) is 5.73 Å². The monoisotopic (exact) mass is 276 g/mol. The van der Waals surface area contributed by atoms with Crippen LogP contribution in [0.3, 0.4) is 0 Å². The Bertz CT molecular complexity index is 695. The van der Waals surface area contributed by atoms with Crippen LogP contribution in [0.1, 0.15) is 31.3 Å². The molecule has 0 saturated heterocycles. The summed E-state index contributed by atoms with van der Waals surface area (Å²) in [5.41, 5.74) is 4.62. The van der Waals surface area contributed by atoms with Crippen molar-refractivity contribution >= 4 is 22.9 Å². The van der Waals surface area contributed by atoms with Gasteiger partial charge in [-0.25, -0.2) is 9.36 Å². The van der Waals surface area contributed by atoms with E-state index in [0.717, 1.165) is 4.57 Å². The molecule has 6 nitrogen and oxygen atoms in total. The number of para-hydroxylation sites is 1. The number of primary amides is 1. The largest absolute Gasteiger partial charge is 0.505 e. The van der Waals surface area contributed by atoms with Crippen LogP contribution in [0.15, 0.2) is 24.3 Å². The van der Waals surface area contributed by atoms with Crippen LogP contribution in [0.2, 0.25) is 0 Å². The standard InChI is InChI=1S/C14H16N2O4/c1-14(2,3)20-13(19)16-9-7-5-4-6-8(9)11(17)10(16)12(15)18/h4-7,17H,1-3H3,(H2,15,18). The van der Waals surface area contributed by atoms with Crippen LogP contribution in [0, 0.1) is 0 Å². The molecule has 0 spiro atoms. The van der Waals surface area contributed by atoms with Gasteiger partial charge >= 0.3 is 6.09 Å². The van der Waals surface area contributed by atoms with Crippen molar-refractivity contribution in [2.45, 2.75) is 26.4 Å². The van der Waals surface area contributed by atoms with Crippen LogP contribution in [0.5, 0.6) is 5.75 Å². The molecule has 1 heterocycles. The normalized spacial score (nSPS) is 11.6. The number of hydrogen-bond acceptors (Lipinski definition) is 4. The van der Waals surface area contributed by atoms with E-state index in [2.05, 4.69) is 0 Å². The lowest BCUT2D eigenvalue weighted by Crippen LogP contribution is -2.30. The highest BCUT2D eigenvalue weighted by molar-refractivity contribution is 6.07. The van der Waals surface area contributed by atoms with Gasteiger partial charge in [-0.15, -0.1) is 0 Å². The van der Waals surface area contributed by atoms with Gasteiger partial charge in [0.25, 0.3) is 5.91 Å². The Balaban J connectivity index is 2.70. The summed E-state index contributed by atoms with van der Waals surface area (Å²) < 4.78 is 6.24. The zero-order chi connectivity index (χ0) is 15.1. The maximum Gasteiger partial charge on any atom is 0.419 e. The third-order valence-electron chi connectivity index (χ3n) is 2.66. The third-order valence-corrected chi connectivity index (χ3v) is 2.66. The molecule has 20 heavy (non-hydrogen) atoms. The van der Waals surface area contributed by atoms with E-state index in [1.807, 2.05) is 0 Å². The Labute approximate surface area is 115 Å². The maximum atomic E-state index is 12.2. The fraction of sp³-hybridized carbons (Fsp3) is 0.286. The van der Waals surface area contributed by atoms with Gasteiger partial charge in [0.05, 0.1) is 5.52 Å². The molecule has 0 saturated carbocycles. The van der Waals surface area contributed by atoms with Crippen molar-refractivity contribution in [3.8, 4) is 5.75 Å². The van der Waals surface area contributed by atoms with Crippen LogP contribution in [0.4, 0.5) is 4.79 Å². The zero-order valence-corrected chi connectivity index (χ0v) is 11.5. The molecule has 2 rings (SSSR count). The first-order chi connectivity index (χ1) is 9.22. The van der Waals surface area contributed by atoms with E-state index in [1.165, 1.54) is 0 Å². The first kappa shape index (κ1) is 13.9. The quantitative estimate of drug-likeness (QED) is 0.835. The molecule has 0 bridgehead atoms. The second-order valence-electron chi connectivity index (χ2n) is 5.39. The predicted octanol–water partition coefficient (Wildman–Crippen LogP) is 2.23. The number of ether oxygens (including phenoxy) is 1.